The zero-order valence-electron chi connectivity index (χ0n) is 13.0. The van der Waals surface area contributed by atoms with Gasteiger partial charge in [-0.25, -0.2) is 4.79 Å². The standard InChI is InChI=1S/C16H24N2O2/c1-11(2)12-7-6-8-13-14(12)17-9-10-18(13)15(19)20-16(3,4)5/h6-8,11,17H,9-10H2,1-5H3. The largest absolute Gasteiger partial charge is 0.443 e. The minimum Gasteiger partial charge on any atom is -0.443 e. The lowest BCUT2D eigenvalue weighted by molar-refractivity contribution is 0.0581. The summed E-state index contributed by atoms with van der Waals surface area (Å²) in [6, 6.07) is 6.07. The molecule has 1 aromatic rings. The predicted octanol–water partition coefficient (Wildman–Crippen LogP) is 3.98. The van der Waals surface area contributed by atoms with Crippen molar-refractivity contribution in [2.24, 2.45) is 0 Å². The molecule has 0 spiro atoms. The van der Waals surface area contributed by atoms with E-state index in [9.17, 15) is 4.79 Å². The molecule has 1 aliphatic heterocycles. The Morgan fingerprint density at radius 3 is 2.65 bits per heavy atom. The molecule has 0 fully saturated rings. The van der Waals surface area contributed by atoms with Gasteiger partial charge in [-0.1, -0.05) is 26.0 Å². The highest BCUT2D eigenvalue weighted by Gasteiger charge is 2.28. The summed E-state index contributed by atoms with van der Waals surface area (Å²) in [7, 11) is 0. The summed E-state index contributed by atoms with van der Waals surface area (Å²) in [6.45, 7) is 11.3. The van der Waals surface area contributed by atoms with Gasteiger partial charge in [0.1, 0.15) is 5.60 Å². The van der Waals surface area contributed by atoms with E-state index >= 15 is 0 Å². The molecule has 1 aliphatic rings. The fourth-order valence-corrected chi connectivity index (χ4v) is 2.38. The molecule has 1 N–H and O–H groups in total. The fourth-order valence-electron chi connectivity index (χ4n) is 2.38. The van der Waals surface area contributed by atoms with Crippen molar-refractivity contribution >= 4 is 17.5 Å². The van der Waals surface area contributed by atoms with E-state index < -0.39 is 5.60 Å². The van der Waals surface area contributed by atoms with E-state index in [1.807, 2.05) is 32.9 Å². The quantitative estimate of drug-likeness (QED) is 0.843. The van der Waals surface area contributed by atoms with Crippen LogP contribution in [0.3, 0.4) is 0 Å². The first-order valence-electron chi connectivity index (χ1n) is 7.17. The SMILES string of the molecule is CC(C)c1cccc2c1NCCN2C(=O)OC(C)(C)C. The number of hydrogen-bond acceptors (Lipinski definition) is 3. The van der Waals surface area contributed by atoms with Gasteiger partial charge in [-0.05, 0) is 38.3 Å². The molecule has 1 heterocycles. The third-order valence-corrected chi connectivity index (χ3v) is 3.24. The maximum atomic E-state index is 12.3. The number of nitrogens with zero attached hydrogens (tertiary/aromatic N) is 1. The second-order valence-corrected chi connectivity index (χ2v) is 6.45. The minimum atomic E-state index is -0.474. The van der Waals surface area contributed by atoms with Gasteiger partial charge in [0, 0.05) is 13.1 Å². The highest BCUT2D eigenvalue weighted by Crippen LogP contribution is 2.36. The van der Waals surface area contributed by atoms with Crippen LogP contribution >= 0.6 is 0 Å². The van der Waals surface area contributed by atoms with Crippen LogP contribution in [0.1, 0.15) is 46.1 Å². The molecule has 0 aromatic heterocycles. The number of fused-ring (bicyclic) bond motifs is 1. The van der Waals surface area contributed by atoms with Crippen LogP contribution in [0.25, 0.3) is 0 Å². The molecule has 2 rings (SSSR count). The summed E-state index contributed by atoms with van der Waals surface area (Å²) in [4.78, 5) is 14.1. The van der Waals surface area contributed by atoms with E-state index in [1.54, 1.807) is 4.90 Å². The van der Waals surface area contributed by atoms with Crippen LogP contribution in [0.4, 0.5) is 16.2 Å². The van der Waals surface area contributed by atoms with E-state index in [4.69, 9.17) is 4.74 Å². The lowest BCUT2D eigenvalue weighted by Gasteiger charge is -2.33. The fraction of sp³-hybridized carbons (Fsp3) is 0.562. The summed E-state index contributed by atoms with van der Waals surface area (Å²) in [5.41, 5.74) is 2.73. The van der Waals surface area contributed by atoms with Gasteiger partial charge < -0.3 is 10.1 Å². The number of nitrogens with one attached hydrogen (secondary N) is 1. The van der Waals surface area contributed by atoms with E-state index in [-0.39, 0.29) is 6.09 Å². The summed E-state index contributed by atoms with van der Waals surface area (Å²) >= 11 is 0. The molecule has 0 bridgehead atoms. The molecule has 0 saturated heterocycles. The molecule has 4 nitrogen and oxygen atoms in total. The first-order valence-corrected chi connectivity index (χ1v) is 7.17. The number of para-hydroxylation sites is 1. The maximum Gasteiger partial charge on any atom is 0.414 e. The molecule has 20 heavy (non-hydrogen) atoms. The highest BCUT2D eigenvalue weighted by molar-refractivity contribution is 5.94. The Morgan fingerprint density at radius 1 is 1.35 bits per heavy atom. The summed E-state index contributed by atoms with van der Waals surface area (Å²) in [5, 5.41) is 3.41. The zero-order chi connectivity index (χ0) is 14.9. The topological polar surface area (TPSA) is 41.6 Å². The van der Waals surface area contributed by atoms with Crippen molar-refractivity contribution in [3.05, 3.63) is 23.8 Å². The Morgan fingerprint density at radius 2 is 2.05 bits per heavy atom. The van der Waals surface area contributed by atoms with Crippen molar-refractivity contribution in [2.75, 3.05) is 23.3 Å². The van der Waals surface area contributed by atoms with Gasteiger partial charge in [-0.3, -0.25) is 4.90 Å². The van der Waals surface area contributed by atoms with Crippen molar-refractivity contribution in [1.29, 1.82) is 0 Å². The molecule has 0 atom stereocenters. The van der Waals surface area contributed by atoms with E-state index in [0.29, 0.717) is 12.5 Å². The Hall–Kier alpha value is -1.71. The molecule has 110 valence electrons. The van der Waals surface area contributed by atoms with Crippen molar-refractivity contribution in [3.8, 4) is 0 Å². The molecule has 0 radical (unpaired) electrons. The van der Waals surface area contributed by atoms with Gasteiger partial charge in [-0.2, -0.15) is 0 Å². The Labute approximate surface area is 121 Å². The van der Waals surface area contributed by atoms with Crippen LogP contribution in [0.2, 0.25) is 0 Å². The number of carbonyl (C=O) groups excluding carboxylic acids is 1. The third kappa shape index (κ3) is 3.06. The highest BCUT2D eigenvalue weighted by atomic mass is 16.6. The van der Waals surface area contributed by atoms with E-state index in [2.05, 4.69) is 25.2 Å². The van der Waals surface area contributed by atoms with Crippen LogP contribution < -0.4 is 10.2 Å². The van der Waals surface area contributed by atoms with Gasteiger partial charge in [0.15, 0.2) is 0 Å². The molecule has 4 heteroatoms. The van der Waals surface area contributed by atoms with Crippen LogP contribution in [0.5, 0.6) is 0 Å². The van der Waals surface area contributed by atoms with E-state index in [1.165, 1.54) is 5.56 Å². The number of carbonyl (C=O) groups is 1. The number of hydrogen-bond donors (Lipinski definition) is 1. The molecular weight excluding hydrogens is 252 g/mol. The smallest absolute Gasteiger partial charge is 0.414 e. The monoisotopic (exact) mass is 276 g/mol. The number of ether oxygens (including phenoxy) is 1. The first-order chi connectivity index (χ1) is 9.29. The van der Waals surface area contributed by atoms with Gasteiger partial charge in [-0.15, -0.1) is 0 Å². The Balaban J connectivity index is 2.34. The molecule has 0 unspecified atom stereocenters. The van der Waals surface area contributed by atoms with Gasteiger partial charge >= 0.3 is 6.09 Å². The second-order valence-electron chi connectivity index (χ2n) is 6.45. The summed E-state index contributed by atoms with van der Waals surface area (Å²) < 4.78 is 5.49. The molecular formula is C16H24N2O2. The van der Waals surface area contributed by atoms with Crippen molar-refractivity contribution in [3.63, 3.8) is 0 Å². The first kappa shape index (κ1) is 14.7. The van der Waals surface area contributed by atoms with Crippen molar-refractivity contribution < 1.29 is 9.53 Å². The van der Waals surface area contributed by atoms with Crippen molar-refractivity contribution in [1.82, 2.24) is 0 Å². The van der Waals surface area contributed by atoms with Crippen LogP contribution in [0, 0.1) is 0 Å². The van der Waals surface area contributed by atoms with Gasteiger partial charge in [0.05, 0.1) is 11.4 Å². The lowest BCUT2D eigenvalue weighted by Crippen LogP contribution is -2.42. The number of anilines is 2. The average molecular weight is 276 g/mol. The normalized spacial score (nSPS) is 14.8. The Kier molecular flexibility index (Phi) is 3.93. The van der Waals surface area contributed by atoms with Crippen molar-refractivity contribution in [2.45, 2.75) is 46.1 Å². The lowest BCUT2D eigenvalue weighted by atomic mass is 9.98. The third-order valence-electron chi connectivity index (χ3n) is 3.24. The zero-order valence-corrected chi connectivity index (χ0v) is 13.0. The minimum absolute atomic E-state index is 0.277. The molecule has 0 saturated carbocycles. The van der Waals surface area contributed by atoms with Crippen LogP contribution in [-0.4, -0.2) is 24.8 Å². The van der Waals surface area contributed by atoms with Crippen LogP contribution in [0.15, 0.2) is 18.2 Å². The molecule has 0 aliphatic carbocycles. The summed E-state index contributed by atoms with van der Waals surface area (Å²) in [6.07, 6.45) is -0.277. The molecule has 1 amide bonds. The average Bonchev–Trinajstić information content (AvgIpc) is 2.35. The predicted molar refractivity (Wildman–Crippen MR) is 82.6 cm³/mol. The Bertz CT molecular complexity index is 504. The maximum absolute atomic E-state index is 12.3. The van der Waals surface area contributed by atoms with Gasteiger partial charge in [0.25, 0.3) is 0 Å². The van der Waals surface area contributed by atoms with Gasteiger partial charge in [0.2, 0.25) is 0 Å². The van der Waals surface area contributed by atoms with Crippen LogP contribution in [-0.2, 0) is 4.74 Å². The summed E-state index contributed by atoms with van der Waals surface area (Å²) in [5.74, 6) is 0.413. The number of amides is 1. The van der Waals surface area contributed by atoms with E-state index in [0.717, 1.165) is 17.9 Å². The number of rotatable bonds is 1. The molecule has 1 aromatic carbocycles. The second kappa shape index (κ2) is 5.35. The number of benzene rings is 1.